The molecule has 0 unspecified atom stereocenters. The maximum absolute atomic E-state index is 11.7. The summed E-state index contributed by atoms with van der Waals surface area (Å²) in [6, 6.07) is 0. The van der Waals surface area contributed by atoms with Gasteiger partial charge in [-0.25, -0.2) is 4.39 Å². The lowest BCUT2D eigenvalue weighted by molar-refractivity contribution is 0.627. The number of nitrogens with zero attached hydrogens (tertiary/aromatic N) is 1. The van der Waals surface area contributed by atoms with Crippen molar-refractivity contribution in [2.75, 3.05) is 6.54 Å². The van der Waals surface area contributed by atoms with Gasteiger partial charge >= 0.3 is 0 Å². The molecule has 32 valence electrons. The van der Waals surface area contributed by atoms with E-state index in [0.29, 0.717) is 0 Å². The van der Waals surface area contributed by atoms with Crippen molar-refractivity contribution in [2.45, 2.75) is 0 Å². The summed E-state index contributed by atoms with van der Waals surface area (Å²) in [4.78, 5) is 3.57. The molecule has 1 nitrogen and oxygen atoms in total. The van der Waals surface area contributed by atoms with Crippen LogP contribution in [-0.2, 0) is 0 Å². The number of halogens is 1. The van der Waals surface area contributed by atoms with Crippen LogP contribution in [-0.4, -0.2) is 12.8 Å². The molecule has 0 spiro atoms. The van der Waals surface area contributed by atoms with E-state index in [4.69, 9.17) is 0 Å². The molecule has 0 bridgehead atoms. The molecular formula is C4H4FN. The Balaban J connectivity index is 2.61. The average Bonchev–Trinajstić information content (AvgIpc) is 1.86. The maximum Gasteiger partial charge on any atom is 0.123 e. The molecule has 0 aromatic carbocycles. The fraction of sp³-hybridized carbons (Fsp3) is 0.250. The summed E-state index contributed by atoms with van der Waals surface area (Å²) < 4.78 is 11.7. The smallest absolute Gasteiger partial charge is 0.123 e. The van der Waals surface area contributed by atoms with Crippen molar-refractivity contribution in [1.29, 1.82) is 0 Å². The first kappa shape index (κ1) is 3.53. The SMILES string of the molecule is FC1=CC=NC1. The van der Waals surface area contributed by atoms with Crippen LogP contribution < -0.4 is 0 Å². The van der Waals surface area contributed by atoms with Crippen LogP contribution in [0, 0.1) is 0 Å². The van der Waals surface area contributed by atoms with E-state index in [1.54, 1.807) is 0 Å². The molecule has 0 aromatic rings. The van der Waals surface area contributed by atoms with Crippen LogP contribution in [0.25, 0.3) is 0 Å². The molecule has 1 aliphatic heterocycles. The van der Waals surface area contributed by atoms with Crippen LogP contribution in [0.15, 0.2) is 16.9 Å². The van der Waals surface area contributed by atoms with Gasteiger partial charge in [0, 0.05) is 6.21 Å². The third-order valence-corrected chi connectivity index (χ3v) is 0.603. The largest absolute Gasteiger partial charge is 0.286 e. The number of rotatable bonds is 0. The van der Waals surface area contributed by atoms with Crippen LogP contribution in [0.3, 0.4) is 0 Å². The Kier molecular flexibility index (Phi) is 0.708. The Bertz CT molecular complexity index is 104. The van der Waals surface area contributed by atoms with Crippen LogP contribution in [0.2, 0.25) is 0 Å². The van der Waals surface area contributed by atoms with Gasteiger partial charge in [0.2, 0.25) is 0 Å². The molecule has 0 saturated heterocycles. The van der Waals surface area contributed by atoms with Crippen molar-refractivity contribution < 1.29 is 4.39 Å². The van der Waals surface area contributed by atoms with Crippen molar-refractivity contribution in [3.8, 4) is 0 Å². The average molecular weight is 85.1 g/mol. The van der Waals surface area contributed by atoms with Crippen LogP contribution in [0.5, 0.6) is 0 Å². The van der Waals surface area contributed by atoms with Crippen molar-refractivity contribution >= 4 is 6.21 Å². The second-order valence-corrected chi connectivity index (χ2v) is 1.10. The Morgan fingerprint density at radius 1 is 1.83 bits per heavy atom. The number of hydrogen-bond acceptors (Lipinski definition) is 1. The lowest BCUT2D eigenvalue weighted by atomic mass is 10.5. The lowest BCUT2D eigenvalue weighted by Crippen LogP contribution is -1.67. The minimum absolute atomic E-state index is 0.144. The summed E-state index contributed by atoms with van der Waals surface area (Å²) in [7, 11) is 0. The molecule has 1 rings (SSSR count). The molecule has 0 N–H and O–H groups in total. The van der Waals surface area contributed by atoms with Gasteiger partial charge < -0.3 is 0 Å². The number of hydrogen-bond donors (Lipinski definition) is 0. The third-order valence-electron chi connectivity index (χ3n) is 0.603. The Hall–Kier alpha value is -0.660. The molecule has 6 heavy (non-hydrogen) atoms. The Morgan fingerprint density at radius 2 is 2.67 bits per heavy atom. The summed E-state index contributed by atoms with van der Waals surface area (Å²) in [6.45, 7) is 0.250. The van der Waals surface area contributed by atoms with Gasteiger partial charge in [-0.2, -0.15) is 0 Å². The van der Waals surface area contributed by atoms with Gasteiger partial charge in [-0.1, -0.05) is 0 Å². The van der Waals surface area contributed by atoms with Crippen molar-refractivity contribution in [2.24, 2.45) is 4.99 Å². The van der Waals surface area contributed by atoms with E-state index in [0.717, 1.165) is 0 Å². The first-order valence-electron chi connectivity index (χ1n) is 1.74. The van der Waals surface area contributed by atoms with E-state index in [9.17, 15) is 4.39 Å². The molecule has 1 heterocycles. The zero-order chi connectivity index (χ0) is 4.41. The van der Waals surface area contributed by atoms with E-state index < -0.39 is 0 Å². The van der Waals surface area contributed by atoms with Gasteiger partial charge in [-0.05, 0) is 6.08 Å². The molecule has 0 aliphatic carbocycles. The van der Waals surface area contributed by atoms with E-state index in [2.05, 4.69) is 4.99 Å². The van der Waals surface area contributed by atoms with Gasteiger partial charge in [-0.3, -0.25) is 4.99 Å². The molecule has 0 fully saturated rings. The van der Waals surface area contributed by atoms with E-state index in [-0.39, 0.29) is 12.4 Å². The summed E-state index contributed by atoms with van der Waals surface area (Å²) >= 11 is 0. The third kappa shape index (κ3) is 0.455. The normalized spacial score (nSPS) is 18.5. The number of allylic oxidation sites excluding steroid dienone is 1. The molecule has 0 radical (unpaired) electrons. The molecule has 0 saturated carbocycles. The maximum atomic E-state index is 11.7. The predicted molar refractivity (Wildman–Crippen MR) is 22.5 cm³/mol. The highest BCUT2D eigenvalue weighted by molar-refractivity contribution is 5.74. The minimum Gasteiger partial charge on any atom is -0.286 e. The molecule has 0 atom stereocenters. The highest BCUT2D eigenvalue weighted by Gasteiger charge is 1.92. The highest BCUT2D eigenvalue weighted by atomic mass is 19.1. The Morgan fingerprint density at radius 3 is 2.83 bits per heavy atom. The van der Waals surface area contributed by atoms with Gasteiger partial charge in [0.1, 0.15) is 5.83 Å². The second kappa shape index (κ2) is 1.20. The summed E-state index contributed by atoms with van der Waals surface area (Å²) in [6.07, 6.45) is 2.83. The van der Waals surface area contributed by atoms with Crippen molar-refractivity contribution in [3.63, 3.8) is 0 Å². The summed E-state index contributed by atoms with van der Waals surface area (Å²) in [5, 5.41) is 0. The lowest BCUT2D eigenvalue weighted by Gasteiger charge is -1.72. The van der Waals surface area contributed by atoms with Gasteiger partial charge in [0.15, 0.2) is 0 Å². The number of aliphatic imine (C=N–C) groups is 1. The molecule has 2 heteroatoms. The van der Waals surface area contributed by atoms with E-state index in [1.165, 1.54) is 12.3 Å². The molecular weight excluding hydrogens is 81.0 g/mol. The molecule has 0 amide bonds. The van der Waals surface area contributed by atoms with Gasteiger partial charge in [-0.15, -0.1) is 0 Å². The van der Waals surface area contributed by atoms with Crippen molar-refractivity contribution in [1.82, 2.24) is 0 Å². The molecule has 0 aromatic heterocycles. The standard InChI is InChI=1S/C4H4FN/c5-4-1-2-6-3-4/h1-2H,3H2. The van der Waals surface area contributed by atoms with Crippen LogP contribution in [0.1, 0.15) is 0 Å². The predicted octanol–water partition coefficient (Wildman–Crippen LogP) is 0.924. The summed E-state index contributed by atoms with van der Waals surface area (Å²) in [5.41, 5.74) is 0. The van der Waals surface area contributed by atoms with Gasteiger partial charge in [0.05, 0.1) is 6.54 Å². The highest BCUT2D eigenvalue weighted by Crippen LogP contribution is 1.98. The second-order valence-electron chi connectivity index (χ2n) is 1.10. The Labute approximate surface area is 35.2 Å². The fourth-order valence-corrected chi connectivity index (χ4v) is 0.326. The van der Waals surface area contributed by atoms with E-state index in [1.807, 2.05) is 0 Å². The zero-order valence-corrected chi connectivity index (χ0v) is 3.19. The van der Waals surface area contributed by atoms with E-state index >= 15 is 0 Å². The van der Waals surface area contributed by atoms with Gasteiger partial charge in [0.25, 0.3) is 0 Å². The monoisotopic (exact) mass is 85.0 g/mol. The van der Waals surface area contributed by atoms with Crippen LogP contribution >= 0.6 is 0 Å². The quantitative estimate of drug-likeness (QED) is 0.415. The topological polar surface area (TPSA) is 12.4 Å². The summed E-state index contributed by atoms with van der Waals surface area (Å²) in [5.74, 6) is -0.144. The first-order valence-corrected chi connectivity index (χ1v) is 1.74. The minimum atomic E-state index is -0.144. The van der Waals surface area contributed by atoms with Crippen LogP contribution in [0.4, 0.5) is 4.39 Å². The first-order chi connectivity index (χ1) is 2.89. The zero-order valence-electron chi connectivity index (χ0n) is 3.19. The molecule has 1 aliphatic rings. The van der Waals surface area contributed by atoms with Crippen molar-refractivity contribution in [3.05, 3.63) is 11.9 Å². The fourth-order valence-electron chi connectivity index (χ4n) is 0.326.